The van der Waals surface area contributed by atoms with Crippen LogP contribution in [-0.2, 0) is 12.8 Å². The van der Waals surface area contributed by atoms with Gasteiger partial charge in [-0.1, -0.05) is 36.8 Å². The number of Topliss-reactive ketones (excluding diaryl/α,β-unsaturated/α-hetero) is 1. The maximum atomic E-state index is 12.4. The number of rotatable bonds is 6. The molecule has 0 unspecified atom stereocenters. The standard InChI is InChI=1S/C19H24N2O2/c1-5-16-17(14(4)22)13(3)21-18(16)19(23)20-11-10-15-8-6-12(2)7-9-15/h6-9,21H,5,10-11H2,1-4H3,(H,20,23). The zero-order chi connectivity index (χ0) is 17.0. The molecule has 0 aliphatic carbocycles. The van der Waals surface area contributed by atoms with Gasteiger partial charge in [0.15, 0.2) is 5.78 Å². The molecule has 1 amide bonds. The number of carbonyl (C=O) groups is 2. The summed E-state index contributed by atoms with van der Waals surface area (Å²) in [5, 5.41) is 2.93. The van der Waals surface area contributed by atoms with Gasteiger partial charge in [-0.2, -0.15) is 0 Å². The first-order chi connectivity index (χ1) is 10.9. The number of aromatic amines is 1. The van der Waals surface area contributed by atoms with Crippen molar-refractivity contribution < 1.29 is 9.59 Å². The maximum Gasteiger partial charge on any atom is 0.268 e. The van der Waals surface area contributed by atoms with E-state index in [4.69, 9.17) is 0 Å². The minimum Gasteiger partial charge on any atom is -0.354 e. The minimum atomic E-state index is -0.149. The molecule has 4 nitrogen and oxygen atoms in total. The lowest BCUT2D eigenvalue weighted by atomic mass is 10.0. The molecule has 4 heteroatoms. The lowest BCUT2D eigenvalue weighted by Crippen LogP contribution is -2.27. The molecule has 0 fully saturated rings. The first-order valence-corrected chi connectivity index (χ1v) is 8.00. The fourth-order valence-electron chi connectivity index (χ4n) is 2.86. The van der Waals surface area contributed by atoms with Gasteiger partial charge in [0.1, 0.15) is 5.69 Å². The zero-order valence-electron chi connectivity index (χ0n) is 14.2. The Kier molecular flexibility index (Phi) is 5.37. The van der Waals surface area contributed by atoms with Crippen molar-refractivity contribution in [2.45, 2.75) is 40.5 Å². The summed E-state index contributed by atoms with van der Waals surface area (Å²) < 4.78 is 0. The quantitative estimate of drug-likeness (QED) is 0.803. The van der Waals surface area contributed by atoms with Crippen LogP contribution in [0.2, 0.25) is 0 Å². The summed E-state index contributed by atoms with van der Waals surface area (Å²) in [5.41, 5.74) is 5.15. The van der Waals surface area contributed by atoms with Gasteiger partial charge in [0.25, 0.3) is 5.91 Å². The van der Waals surface area contributed by atoms with E-state index >= 15 is 0 Å². The summed E-state index contributed by atoms with van der Waals surface area (Å²) >= 11 is 0. The van der Waals surface area contributed by atoms with Crippen LogP contribution < -0.4 is 5.32 Å². The maximum absolute atomic E-state index is 12.4. The largest absolute Gasteiger partial charge is 0.354 e. The van der Waals surface area contributed by atoms with Crippen molar-refractivity contribution in [1.82, 2.24) is 10.3 Å². The van der Waals surface area contributed by atoms with Crippen molar-refractivity contribution in [2.75, 3.05) is 6.54 Å². The van der Waals surface area contributed by atoms with E-state index in [0.717, 1.165) is 17.7 Å². The molecule has 0 saturated heterocycles. The van der Waals surface area contributed by atoms with E-state index in [1.54, 1.807) is 0 Å². The molecule has 2 N–H and O–H groups in total. The molecule has 0 radical (unpaired) electrons. The number of hydrogen-bond donors (Lipinski definition) is 2. The van der Waals surface area contributed by atoms with Crippen LogP contribution in [0.25, 0.3) is 0 Å². The first-order valence-electron chi connectivity index (χ1n) is 8.00. The molecule has 1 aromatic heterocycles. The number of hydrogen-bond acceptors (Lipinski definition) is 2. The number of amides is 1. The van der Waals surface area contributed by atoms with Crippen LogP contribution in [0.3, 0.4) is 0 Å². The van der Waals surface area contributed by atoms with Crippen LogP contribution in [0, 0.1) is 13.8 Å². The van der Waals surface area contributed by atoms with Crippen molar-refractivity contribution >= 4 is 11.7 Å². The molecular formula is C19H24N2O2. The third-order valence-electron chi connectivity index (χ3n) is 4.04. The second kappa shape index (κ2) is 7.27. The average molecular weight is 312 g/mol. The van der Waals surface area contributed by atoms with Gasteiger partial charge in [0.2, 0.25) is 0 Å². The summed E-state index contributed by atoms with van der Waals surface area (Å²) in [5.74, 6) is -0.154. The fraction of sp³-hybridized carbons (Fsp3) is 0.368. The highest BCUT2D eigenvalue weighted by Gasteiger charge is 2.21. The van der Waals surface area contributed by atoms with Crippen LogP contribution >= 0.6 is 0 Å². The second-order valence-electron chi connectivity index (χ2n) is 5.88. The number of aromatic nitrogens is 1. The lowest BCUT2D eigenvalue weighted by Gasteiger charge is -2.07. The Hall–Kier alpha value is -2.36. The molecule has 2 aromatic rings. The molecule has 1 heterocycles. The van der Waals surface area contributed by atoms with Gasteiger partial charge in [-0.05, 0) is 44.7 Å². The monoisotopic (exact) mass is 312 g/mol. The molecule has 0 spiro atoms. The number of aryl methyl sites for hydroxylation is 2. The Morgan fingerprint density at radius 2 is 1.78 bits per heavy atom. The summed E-state index contributed by atoms with van der Waals surface area (Å²) in [7, 11) is 0. The Morgan fingerprint density at radius 3 is 2.35 bits per heavy atom. The second-order valence-corrected chi connectivity index (χ2v) is 5.88. The van der Waals surface area contributed by atoms with Gasteiger partial charge in [-0.25, -0.2) is 0 Å². The lowest BCUT2D eigenvalue weighted by molar-refractivity contribution is 0.0948. The summed E-state index contributed by atoms with van der Waals surface area (Å²) in [6.07, 6.45) is 1.44. The highest BCUT2D eigenvalue weighted by Crippen LogP contribution is 2.20. The molecule has 0 bridgehead atoms. The van der Waals surface area contributed by atoms with Crippen molar-refractivity contribution in [2.24, 2.45) is 0 Å². The van der Waals surface area contributed by atoms with Gasteiger partial charge < -0.3 is 10.3 Å². The first kappa shape index (κ1) is 17.0. The molecule has 2 rings (SSSR count). The predicted molar refractivity (Wildman–Crippen MR) is 92.1 cm³/mol. The molecule has 0 atom stereocenters. The molecule has 23 heavy (non-hydrogen) atoms. The van der Waals surface area contributed by atoms with E-state index in [2.05, 4.69) is 41.5 Å². The van der Waals surface area contributed by atoms with Crippen LogP contribution in [0.5, 0.6) is 0 Å². The zero-order valence-corrected chi connectivity index (χ0v) is 14.2. The summed E-state index contributed by atoms with van der Waals surface area (Å²) in [6, 6.07) is 8.29. The van der Waals surface area contributed by atoms with E-state index in [1.807, 2.05) is 13.8 Å². The topological polar surface area (TPSA) is 62.0 Å². The van der Waals surface area contributed by atoms with Crippen molar-refractivity contribution in [1.29, 1.82) is 0 Å². The van der Waals surface area contributed by atoms with Crippen LogP contribution in [0.4, 0.5) is 0 Å². The SMILES string of the molecule is CCc1c(C(=O)NCCc2ccc(C)cc2)[nH]c(C)c1C(C)=O. The number of benzene rings is 1. The van der Waals surface area contributed by atoms with Crippen molar-refractivity contribution in [3.63, 3.8) is 0 Å². The minimum absolute atomic E-state index is 0.00527. The Balaban J connectivity index is 2.05. The molecular weight excluding hydrogens is 288 g/mol. The number of H-pyrrole nitrogens is 1. The highest BCUT2D eigenvalue weighted by atomic mass is 16.2. The van der Waals surface area contributed by atoms with E-state index in [-0.39, 0.29) is 11.7 Å². The smallest absolute Gasteiger partial charge is 0.268 e. The van der Waals surface area contributed by atoms with Crippen LogP contribution in [0.15, 0.2) is 24.3 Å². The van der Waals surface area contributed by atoms with E-state index < -0.39 is 0 Å². The third kappa shape index (κ3) is 3.89. The van der Waals surface area contributed by atoms with Gasteiger partial charge in [-0.15, -0.1) is 0 Å². The fourth-order valence-corrected chi connectivity index (χ4v) is 2.86. The summed E-state index contributed by atoms with van der Waals surface area (Å²) in [4.78, 5) is 27.2. The van der Waals surface area contributed by atoms with Gasteiger partial charge >= 0.3 is 0 Å². The van der Waals surface area contributed by atoms with E-state index in [0.29, 0.717) is 24.2 Å². The van der Waals surface area contributed by atoms with E-state index in [1.165, 1.54) is 18.1 Å². The Bertz CT molecular complexity index is 712. The number of carbonyl (C=O) groups excluding carboxylic acids is 2. The average Bonchev–Trinajstić information content (AvgIpc) is 2.86. The normalized spacial score (nSPS) is 10.6. The van der Waals surface area contributed by atoms with Crippen LogP contribution in [0.1, 0.15) is 57.1 Å². The van der Waals surface area contributed by atoms with Crippen LogP contribution in [-0.4, -0.2) is 23.2 Å². The van der Waals surface area contributed by atoms with Crippen molar-refractivity contribution in [3.05, 3.63) is 57.9 Å². The van der Waals surface area contributed by atoms with Gasteiger partial charge in [-0.3, -0.25) is 9.59 Å². The molecule has 122 valence electrons. The molecule has 0 aliphatic heterocycles. The Labute approximate surface area is 137 Å². The van der Waals surface area contributed by atoms with Gasteiger partial charge in [0, 0.05) is 17.8 Å². The predicted octanol–water partition coefficient (Wildman–Crippen LogP) is 3.37. The molecule has 0 aliphatic rings. The number of ketones is 1. The van der Waals surface area contributed by atoms with Crippen molar-refractivity contribution in [3.8, 4) is 0 Å². The molecule has 1 aromatic carbocycles. The van der Waals surface area contributed by atoms with E-state index in [9.17, 15) is 9.59 Å². The number of nitrogens with one attached hydrogen (secondary N) is 2. The third-order valence-corrected chi connectivity index (χ3v) is 4.04. The Morgan fingerprint density at radius 1 is 1.13 bits per heavy atom. The molecule has 0 saturated carbocycles. The summed E-state index contributed by atoms with van der Waals surface area (Å²) in [6.45, 7) is 7.95. The highest BCUT2D eigenvalue weighted by molar-refractivity contribution is 6.02. The van der Waals surface area contributed by atoms with Gasteiger partial charge in [0.05, 0.1) is 0 Å².